The van der Waals surface area contributed by atoms with Crippen LogP contribution in [0.3, 0.4) is 0 Å². The van der Waals surface area contributed by atoms with Gasteiger partial charge in [-0.2, -0.15) is 0 Å². The van der Waals surface area contributed by atoms with Crippen LogP contribution in [0.2, 0.25) is 0 Å². The van der Waals surface area contributed by atoms with Crippen molar-refractivity contribution < 1.29 is 0 Å². The Morgan fingerprint density at radius 1 is 1.29 bits per heavy atom. The standard InChI is InChI=1S/C11H23N3/c1-12-11-3-2-10(8-11)9-14-6-4-13-5-7-14/h10-13H,2-9H2,1H3. The highest BCUT2D eigenvalue weighted by atomic mass is 15.2. The van der Waals surface area contributed by atoms with E-state index in [1.54, 1.807) is 0 Å². The maximum absolute atomic E-state index is 3.41. The van der Waals surface area contributed by atoms with Crippen LogP contribution < -0.4 is 10.6 Å². The second-order valence-corrected chi connectivity index (χ2v) is 4.72. The summed E-state index contributed by atoms with van der Waals surface area (Å²) in [4.78, 5) is 2.62. The molecule has 0 aromatic rings. The molecule has 2 aliphatic rings. The summed E-state index contributed by atoms with van der Waals surface area (Å²) in [6, 6.07) is 0.794. The monoisotopic (exact) mass is 197 g/mol. The first-order chi connectivity index (χ1) is 6.88. The van der Waals surface area contributed by atoms with E-state index < -0.39 is 0 Å². The molecule has 0 spiro atoms. The smallest absolute Gasteiger partial charge is 0.0107 e. The molecule has 0 amide bonds. The van der Waals surface area contributed by atoms with Crippen molar-refractivity contribution >= 4 is 0 Å². The Labute approximate surface area is 87.2 Å². The van der Waals surface area contributed by atoms with Crippen LogP contribution in [0.25, 0.3) is 0 Å². The van der Waals surface area contributed by atoms with Crippen molar-refractivity contribution in [1.82, 2.24) is 15.5 Å². The zero-order chi connectivity index (χ0) is 9.80. The molecule has 1 saturated carbocycles. The lowest BCUT2D eigenvalue weighted by Gasteiger charge is -2.29. The van der Waals surface area contributed by atoms with Crippen LogP contribution in [0.1, 0.15) is 19.3 Å². The number of nitrogens with one attached hydrogen (secondary N) is 2. The van der Waals surface area contributed by atoms with Gasteiger partial charge in [0.15, 0.2) is 0 Å². The first kappa shape index (κ1) is 10.4. The molecule has 1 heterocycles. The Morgan fingerprint density at radius 2 is 2.07 bits per heavy atom. The van der Waals surface area contributed by atoms with Crippen LogP contribution in [-0.4, -0.2) is 50.7 Å². The van der Waals surface area contributed by atoms with Gasteiger partial charge in [0, 0.05) is 38.8 Å². The largest absolute Gasteiger partial charge is 0.317 e. The topological polar surface area (TPSA) is 27.3 Å². The van der Waals surface area contributed by atoms with E-state index in [0.29, 0.717) is 0 Å². The second-order valence-electron chi connectivity index (χ2n) is 4.72. The summed E-state index contributed by atoms with van der Waals surface area (Å²) < 4.78 is 0. The minimum absolute atomic E-state index is 0.794. The molecule has 0 bridgehead atoms. The molecule has 0 aromatic carbocycles. The SMILES string of the molecule is CNC1CCC(CN2CCNCC2)C1. The van der Waals surface area contributed by atoms with Gasteiger partial charge in [-0.15, -0.1) is 0 Å². The lowest BCUT2D eigenvalue weighted by Crippen LogP contribution is -2.45. The molecule has 1 aliphatic carbocycles. The second kappa shape index (κ2) is 5.10. The van der Waals surface area contributed by atoms with Gasteiger partial charge >= 0.3 is 0 Å². The molecule has 14 heavy (non-hydrogen) atoms. The summed E-state index contributed by atoms with van der Waals surface area (Å²) in [5.41, 5.74) is 0. The Hall–Kier alpha value is -0.120. The van der Waals surface area contributed by atoms with Gasteiger partial charge in [0.2, 0.25) is 0 Å². The van der Waals surface area contributed by atoms with Gasteiger partial charge in [0.25, 0.3) is 0 Å². The van der Waals surface area contributed by atoms with Gasteiger partial charge in [0.05, 0.1) is 0 Å². The Balaban J connectivity index is 1.69. The molecule has 2 N–H and O–H groups in total. The van der Waals surface area contributed by atoms with E-state index >= 15 is 0 Å². The first-order valence-electron chi connectivity index (χ1n) is 5.99. The third kappa shape index (κ3) is 2.69. The first-order valence-corrected chi connectivity index (χ1v) is 5.99. The normalized spacial score (nSPS) is 34.9. The minimum atomic E-state index is 0.794. The predicted octanol–water partition coefficient (Wildman–Crippen LogP) is 0.280. The average Bonchev–Trinajstić information content (AvgIpc) is 2.67. The summed E-state index contributed by atoms with van der Waals surface area (Å²) in [7, 11) is 2.10. The molecule has 0 aromatic heterocycles. The van der Waals surface area contributed by atoms with E-state index in [-0.39, 0.29) is 0 Å². The number of nitrogens with zero attached hydrogens (tertiary/aromatic N) is 1. The van der Waals surface area contributed by atoms with Gasteiger partial charge in [0.1, 0.15) is 0 Å². The number of hydrogen-bond donors (Lipinski definition) is 2. The highest BCUT2D eigenvalue weighted by Crippen LogP contribution is 2.26. The predicted molar refractivity (Wildman–Crippen MR) is 59.5 cm³/mol. The Bertz CT molecular complexity index is 166. The van der Waals surface area contributed by atoms with Crippen molar-refractivity contribution in [3.8, 4) is 0 Å². The van der Waals surface area contributed by atoms with Crippen LogP contribution in [0, 0.1) is 5.92 Å². The van der Waals surface area contributed by atoms with Gasteiger partial charge < -0.3 is 15.5 Å². The molecule has 1 aliphatic heterocycles. The molecule has 2 unspecified atom stereocenters. The van der Waals surface area contributed by atoms with Crippen molar-refractivity contribution in [2.75, 3.05) is 39.8 Å². The molecular formula is C11H23N3. The third-order valence-corrected chi connectivity index (χ3v) is 3.68. The molecule has 1 saturated heterocycles. The van der Waals surface area contributed by atoms with Crippen LogP contribution in [0.4, 0.5) is 0 Å². The third-order valence-electron chi connectivity index (χ3n) is 3.68. The minimum Gasteiger partial charge on any atom is -0.317 e. The van der Waals surface area contributed by atoms with Crippen LogP contribution >= 0.6 is 0 Å². The van der Waals surface area contributed by atoms with E-state index in [1.165, 1.54) is 52.0 Å². The van der Waals surface area contributed by atoms with Crippen molar-refractivity contribution in [1.29, 1.82) is 0 Å². The highest BCUT2D eigenvalue weighted by molar-refractivity contribution is 4.82. The van der Waals surface area contributed by atoms with Gasteiger partial charge in [-0.1, -0.05) is 0 Å². The highest BCUT2D eigenvalue weighted by Gasteiger charge is 2.25. The number of piperazine rings is 1. The molecule has 2 rings (SSSR count). The van der Waals surface area contributed by atoms with Crippen LogP contribution in [0.15, 0.2) is 0 Å². The molecule has 2 fully saturated rings. The summed E-state index contributed by atoms with van der Waals surface area (Å²) >= 11 is 0. The summed E-state index contributed by atoms with van der Waals surface area (Å²) in [6.45, 7) is 6.20. The number of rotatable bonds is 3. The fraction of sp³-hybridized carbons (Fsp3) is 1.00. The fourth-order valence-electron chi connectivity index (χ4n) is 2.76. The Morgan fingerprint density at radius 3 is 2.71 bits per heavy atom. The van der Waals surface area contributed by atoms with E-state index in [0.717, 1.165) is 12.0 Å². The zero-order valence-electron chi connectivity index (χ0n) is 9.26. The van der Waals surface area contributed by atoms with Crippen molar-refractivity contribution in [2.24, 2.45) is 5.92 Å². The molecule has 2 atom stereocenters. The van der Waals surface area contributed by atoms with Crippen LogP contribution in [0.5, 0.6) is 0 Å². The van der Waals surface area contributed by atoms with Gasteiger partial charge in [-0.25, -0.2) is 0 Å². The van der Waals surface area contributed by atoms with Gasteiger partial charge in [-0.3, -0.25) is 0 Å². The van der Waals surface area contributed by atoms with Crippen molar-refractivity contribution in [3.63, 3.8) is 0 Å². The molecule has 0 radical (unpaired) electrons. The van der Waals surface area contributed by atoms with E-state index in [4.69, 9.17) is 0 Å². The van der Waals surface area contributed by atoms with Gasteiger partial charge in [-0.05, 0) is 32.2 Å². The van der Waals surface area contributed by atoms with Crippen molar-refractivity contribution in [3.05, 3.63) is 0 Å². The summed E-state index contributed by atoms with van der Waals surface area (Å²) in [5, 5.41) is 6.81. The Kier molecular flexibility index (Phi) is 3.79. The van der Waals surface area contributed by atoms with Crippen molar-refractivity contribution in [2.45, 2.75) is 25.3 Å². The maximum Gasteiger partial charge on any atom is 0.0107 e. The lowest BCUT2D eigenvalue weighted by atomic mass is 10.1. The van der Waals surface area contributed by atoms with E-state index in [1.807, 2.05) is 0 Å². The van der Waals surface area contributed by atoms with E-state index in [9.17, 15) is 0 Å². The molecule has 82 valence electrons. The molecule has 3 nitrogen and oxygen atoms in total. The fourth-order valence-corrected chi connectivity index (χ4v) is 2.76. The quantitative estimate of drug-likeness (QED) is 0.680. The summed E-state index contributed by atoms with van der Waals surface area (Å²) in [6.07, 6.45) is 4.20. The van der Waals surface area contributed by atoms with Crippen LogP contribution in [-0.2, 0) is 0 Å². The zero-order valence-corrected chi connectivity index (χ0v) is 9.26. The average molecular weight is 197 g/mol. The maximum atomic E-state index is 3.41. The lowest BCUT2D eigenvalue weighted by molar-refractivity contribution is 0.205. The molecule has 3 heteroatoms. The summed E-state index contributed by atoms with van der Waals surface area (Å²) in [5.74, 6) is 0.950. The molecular weight excluding hydrogens is 174 g/mol. The number of hydrogen-bond acceptors (Lipinski definition) is 3. The van der Waals surface area contributed by atoms with E-state index in [2.05, 4.69) is 22.6 Å².